The number of hydrogen-bond acceptors (Lipinski definition) is 6. The Bertz CT molecular complexity index is 831. The molecule has 0 unspecified atom stereocenters. The van der Waals surface area contributed by atoms with Crippen LogP contribution >= 0.6 is 0 Å². The highest BCUT2D eigenvalue weighted by atomic mass is 32.2. The number of carbonyl (C=O) groups excluding carboxylic acids is 1. The van der Waals surface area contributed by atoms with Crippen LogP contribution in [0.4, 0.5) is 0 Å². The van der Waals surface area contributed by atoms with E-state index in [9.17, 15) is 13.2 Å². The lowest BCUT2D eigenvalue weighted by atomic mass is 9.94. The van der Waals surface area contributed by atoms with Crippen molar-refractivity contribution in [2.24, 2.45) is 0 Å². The molecule has 1 amide bonds. The molecule has 0 bridgehead atoms. The molecule has 1 saturated heterocycles. The van der Waals surface area contributed by atoms with E-state index in [0.29, 0.717) is 31.4 Å². The van der Waals surface area contributed by atoms with E-state index in [2.05, 4.69) is 4.90 Å². The van der Waals surface area contributed by atoms with Crippen LogP contribution in [0.5, 0.6) is 11.5 Å². The third-order valence-electron chi connectivity index (χ3n) is 6.16. The van der Waals surface area contributed by atoms with Gasteiger partial charge in [0.2, 0.25) is 15.9 Å². The minimum atomic E-state index is -3.75. The van der Waals surface area contributed by atoms with Crippen molar-refractivity contribution in [1.29, 1.82) is 0 Å². The minimum Gasteiger partial charge on any atom is -0.497 e. The molecular formula is C21H33N3O5S. The van der Waals surface area contributed by atoms with Gasteiger partial charge >= 0.3 is 0 Å². The average Bonchev–Trinajstić information content (AvgIpc) is 2.79. The molecule has 2 aliphatic rings. The number of benzene rings is 1. The molecular weight excluding hydrogens is 406 g/mol. The Morgan fingerprint density at radius 2 is 1.73 bits per heavy atom. The molecule has 1 aromatic carbocycles. The van der Waals surface area contributed by atoms with Crippen LogP contribution in [-0.2, 0) is 14.8 Å². The van der Waals surface area contributed by atoms with Crippen molar-refractivity contribution in [2.45, 2.75) is 43.0 Å². The summed E-state index contributed by atoms with van der Waals surface area (Å²) in [7, 11) is 1.21. The predicted octanol–water partition coefficient (Wildman–Crippen LogP) is 1.80. The van der Waals surface area contributed by atoms with Gasteiger partial charge < -0.3 is 14.4 Å². The number of amides is 1. The third-order valence-corrected chi connectivity index (χ3v) is 8.08. The fraction of sp³-hybridized carbons (Fsp3) is 0.667. The maximum Gasteiger partial charge on any atom is 0.247 e. The van der Waals surface area contributed by atoms with Gasteiger partial charge in [0.05, 0.1) is 20.8 Å². The van der Waals surface area contributed by atoms with E-state index < -0.39 is 10.0 Å². The minimum absolute atomic E-state index is 0.0686. The van der Waals surface area contributed by atoms with Crippen molar-refractivity contribution in [3.05, 3.63) is 18.2 Å². The van der Waals surface area contributed by atoms with Crippen LogP contribution in [0.1, 0.15) is 32.1 Å². The van der Waals surface area contributed by atoms with E-state index in [1.54, 1.807) is 17.0 Å². The van der Waals surface area contributed by atoms with E-state index in [4.69, 9.17) is 9.47 Å². The second kappa shape index (κ2) is 9.98. The Hall–Kier alpha value is -1.84. The lowest BCUT2D eigenvalue weighted by Crippen LogP contribution is -2.53. The number of ether oxygens (including phenoxy) is 2. The van der Waals surface area contributed by atoms with Gasteiger partial charge in [0, 0.05) is 38.3 Å². The summed E-state index contributed by atoms with van der Waals surface area (Å²) in [4.78, 5) is 16.8. The van der Waals surface area contributed by atoms with Gasteiger partial charge in [0.1, 0.15) is 16.4 Å². The maximum atomic E-state index is 13.2. The highest BCUT2D eigenvalue weighted by molar-refractivity contribution is 7.89. The van der Waals surface area contributed by atoms with Crippen molar-refractivity contribution >= 4 is 15.9 Å². The second-order valence-corrected chi connectivity index (χ2v) is 9.91. The number of likely N-dealkylation sites (N-methyl/N-ethyl adjacent to an activating group) is 1. The number of sulfonamides is 1. The summed E-state index contributed by atoms with van der Waals surface area (Å²) in [5.41, 5.74) is 0. The van der Waals surface area contributed by atoms with Crippen LogP contribution in [0.3, 0.4) is 0 Å². The third kappa shape index (κ3) is 5.07. The van der Waals surface area contributed by atoms with E-state index in [-0.39, 0.29) is 29.6 Å². The summed E-state index contributed by atoms with van der Waals surface area (Å²) in [5.74, 6) is 0.802. The largest absolute Gasteiger partial charge is 0.497 e. The zero-order valence-corrected chi connectivity index (χ0v) is 19.0. The molecule has 168 valence electrons. The monoisotopic (exact) mass is 439 g/mol. The highest BCUT2D eigenvalue weighted by Gasteiger charge is 2.33. The van der Waals surface area contributed by atoms with Gasteiger partial charge in [-0.05, 0) is 32.0 Å². The first-order valence-corrected chi connectivity index (χ1v) is 12.0. The molecule has 9 heteroatoms. The molecule has 1 aromatic rings. The molecule has 0 spiro atoms. The van der Waals surface area contributed by atoms with Crippen molar-refractivity contribution < 1.29 is 22.7 Å². The zero-order valence-electron chi connectivity index (χ0n) is 18.2. The molecule has 0 radical (unpaired) electrons. The van der Waals surface area contributed by atoms with Crippen LogP contribution in [-0.4, -0.2) is 88.5 Å². The van der Waals surface area contributed by atoms with Crippen molar-refractivity contribution in [3.63, 3.8) is 0 Å². The Morgan fingerprint density at radius 1 is 1.07 bits per heavy atom. The van der Waals surface area contributed by atoms with E-state index in [1.165, 1.54) is 43.9 Å². The highest BCUT2D eigenvalue weighted by Crippen LogP contribution is 2.31. The summed E-state index contributed by atoms with van der Waals surface area (Å²) in [6.07, 6.45) is 6.05. The van der Waals surface area contributed by atoms with E-state index >= 15 is 0 Å². The standard InChI is InChI=1S/C21H33N3O5S/c1-22(17-7-5-4-6-8-17)16-21(25)23-11-13-24(14-12-23)30(26,27)20-15-18(28-2)9-10-19(20)29-3/h9-10,15,17H,4-8,11-14,16H2,1-3H3. The summed E-state index contributed by atoms with van der Waals surface area (Å²) in [5, 5.41) is 0. The van der Waals surface area contributed by atoms with Gasteiger partial charge in [-0.25, -0.2) is 8.42 Å². The normalized spacial score (nSPS) is 19.1. The Kier molecular flexibility index (Phi) is 7.60. The quantitative estimate of drug-likeness (QED) is 0.645. The van der Waals surface area contributed by atoms with Crippen LogP contribution in [0.2, 0.25) is 0 Å². The molecule has 0 N–H and O–H groups in total. The summed E-state index contributed by atoms with van der Waals surface area (Å²) in [6, 6.07) is 5.21. The van der Waals surface area contributed by atoms with Gasteiger partial charge in [0.15, 0.2) is 0 Å². The van der Waals surface area contributed by atoms with Gasteiger partial charge in [-0.3, -0.25) is 9.69 Å². The molecule has 3 rings (SSSR count). The molecule has 1 saturated carbocycles. The first-order valence-electron chi connectivity index (χ1n) is 10.6. The number of hydrogen-bond donors (Lipinski definition) is 0. The SMILES string of the molecule is COc1ccc(OC)c(S(=O)(=O)N2CCN(C(=O)CN(C)C3CCCCC3)CC2)c1. The first kappa shape index (κ1) is 22.8. The van der Waals surface area contributed by atoms with Crippen molar-refractivity contribution in [1.82, 2.24) is 14.1 Å². The lowest BCUT2D eigenvalue weighted by Gasteiger charge is -2.36. The Morgan fingerprint density at radius 3 is 2.33 bits per heavy atom. The summed E-state index contributed by atoms with van der Waals surface area (Å²) >= 11 is 0. The van der Waals surface area contributed by atoms with Gasteiger partial charge in [-0.2, -0.15) is 4.31 Å². The Balaban J connectivity index is 1.61. The summed E-state index contributed by atoms with van der Waals surface area (Å²) in [6.45, 7) is 1.70. The number of rotatable bonds is 7. The lowest BCUT2D eigenvalue weighted by molar-refractivity contribution is -0.134. The second-order valence-electron chi connectivity index (χ2n) is 8.01. The molecule has 0 aromatic heterocycles. The number of nitrogens with zero attached hydrogens (tertiary/aromatic N) is 3. The van der Waals surface area contributed by atoms with Gasteiger partial charge in [-0.15, -0.1) is 0 Å². The van der Waals surface area contributed by atoms with Gasteiger partial charge in [0.25, 0.3) is 0 Å². The zero-order chi connectivity index (χ0) is 21.7. The van der Waals surface area contributed by atoms with Crippen LogP contribution < -0.4 is 9.47 Å². The van der Waals surface area contributed by atoms with Crippen LogP contribution in [0.25, 0.3) is 0 Å². The molecule has 2 fully saturated rings. The predicted molar refractivity (Wildman–Crippen MR) is 114 cm³/mol. The molecule has 1 heterocycles. The number of piperazine rings is 1. The molecule has 0 atom stereocenters. The van der Waals surface area contributed by atoms with E-state index in [1.807, 2.05) is 7.05 Å². The number of carbonyl (C=O) groups is 1. The first-order chi connectivity index (χ1) is 14.4. The fourth-order valence-electron chi connectivity index (χ4n) is 4.27. The van der Waals surface area contributed by atoms with Crippen molar-refractivity contribution in [3.8, 4) is 11.5 Å². The molecule has 30 heavy (non-hydrogen) atoms. The van der Waals surface area contributed by atoms with E-state index in [0.717, 1.165) is 12.8 Å². The summed E-state index contributed by atoms with van der Waals surface area (Å²) < 4.78 is 38.2. The van der Waals surface area contributed by atoms with Gasteiger partial charge in [-0.1, -0.05) is 19.3 Å². The topological polar surface area (TPSA) is 79.4 Å². The average molecular weight is 440 g/mol. The van der Waals surface area contributed by atoms with Crippen LogP contribution in [0, 0.1) is 0 Å². The van der Waals surface area contributed by atoms with Crippen molar-refractivity contribution in [2.75, 3.05) is 54.0 Å². The maximum absolute atomic E-state index is 13.2. The number of methoxy groups -OCH3 is 2. The molecule has 8 nitrogen and oxygen atoms in total. The smallest absolute Gasteiger partial charge is 0.247 e. The Labute approximate surface area is 179 Å². The molecule has 1 aliphatic heterocycles. The van der Waals surface area contributed by atoms with Crippen LogP contribution in [0.15, 0.2) is 23.1 Å². The molecule has 1 aliphatic carbocycles. The fourth-order valence-corrected chi connectivity index (χ4v) is 5.86.